The number of fused-ring (bicyclic) bond motifs is 1. The van der Waals surface area contributed by atoms with Crippen LogP contribution in [0.5, 0.6) is 17.2 Å². The molecule has 0 aromatic heterocycles. The molecule has 2 N–H and O–H groups in total. The quantitative estimate of drug-likeness (QED) is 0.908. The van der Waals surface area contributed by atoms with Crippen molar-refractivity contribution in [2.75, 3.05) is 18.5 Å². The number of aromatic hydroxyl groups is 1. The molecule has 1 amide bonds. The first-order chi connectivity index (χ1) is 10.2. The monoisotopic (exact) mass is 285 g/mol. The molecular weight excluding hydrogens is 270 g/mol. The van der Waals surface area contributed by atoms with Gasteiger partial charge < -0.3 is 19.9 Å². The maximum atomic E-state index is 12.0. The molecule has 0 spiro atoms. The lowest BCUT2D eigenvalue weighted by atomic mass is 10.1. The SMILES string of the molecule is O=C(Cc1cccc(O)c1)Nc1ccc2c(c1)OCCO2. The number of benzene rings is 2. The van der Waals surface area contributed by atoms with E-state index in [0.29, 0.717) is 30.4 Å². The highest BCUT2D eigenvalue weighted by atomic mass is 16.6. The second-order valence-corrected chi connectivity index (χ2v) is 4.75. The highest BCUT2D eigenvalue weighted by Gasteiger charge is 2.13. The van der Waals surface area contributed by atoms with Crippen LogP contribution >= 0.6 is 0 Å². The summed E-state index contributed by atoms with van der Waals surface area (Å²) in [7, 11) is 0. The fourth-order valence-corrected chi connectivity index (χ4v) is 2.18. The van der Waals surface area contributed by atoms with Gasteiger partial charge in [0.2, 0.25) is 5.91 Å². The fourth-order valence-electron chi connectivity index (χ4n) is 2.18. The second kappa shape index (κ2) is 5.75. The minimum absolute atomic E-state index is 0.152. The maximum absolute atomic E-state index is 12.0. The van der Waals surface area contributed by atoms with Gasteiger partial charge in [-0.05, 0) is 29.8 Å². The number of nitrogens with one attached hydrogen (secondary N) is 1. The van der Waals surface area contributed by atoms with Crippen molar-refractivity contribution in [3.63, 3.8) is 0 Å². The third-order valence-corrected chi connectivity index (χ3v) is 3.10. The molecule has 0 radical (unpaired) electrons. The Labute approximate surface area is 122 Å². The minimum atomic E-state index is -0.155. The molecular formula is C16H15NO4. The zero-order valence-corrected chi connectivity index (χ0v) is 11.3. The Hall–Kier alpha value is -2.69. The van der Waals surface area contributed by atoms with Gasteiger partial charge in [0.1, 0.15) is 19.0 Å². The lowest BCUT2D eigenvalue weighted by Crippen LogP contribution is -2.17. The lowest BCUT2D eigenvalue weighted by molar-refractivity contribution is -0.115. The highest BCUT2D eigenvalue weighted by molar-refractivity contribution is 5.92. The summed E-state index contributed by atoms with van der Waals surface area (Å²) >= 11 is 0. The third-order valence-electron chi connectivity index (χ3n) is 3.10. The van der Waals surface area contributed by atoms with Crippen LogP contribution in [0, 0.1) is 0 Å². The number of amides is 1. The summed E-state index contributed by atoms with van der Waals surface area (Å²) in [4.78, 5) is 12.0. The van der Waals surface area contributed by atoms with Crippen molar-refractivity contribution < 1.29 is 19.4 Å². The average molecular weight is 285 g/mol. The van der Waals surface area contributed by atoms with Crippen LogP contribution < -0.4 is 14.8 Å². The molecule has 1 aliphatic heterocycles. The number of carbonyl (C=O) groups is 1. The Bertz CT molecular complexity index is 669. The number of hydrogen-bond acceptors (Lipinski definition) is 4. The van der Waals surface area contributed by atoms with Crippen LogP contribution in [0.4, 0.5) is 5.69 Å². The summed E-state index contributed by atoms with van der Waals surface area (Å²) in [5.41, 5.74) is 1.41. The van der Waals surface area contributed by atoms with E-state index >= 15 is 0 Å². The van der Waals surface area contributed by atoms with Crippen molar-refractivity contribution >= 4 is 11.6 Å². The summed E-state index contributed by atoms with van der Waals surface area (Å²) in [5, 5.41) is 12.2. The number of phenolic OH excluding ortho intramolecular Hbond substituents is 1. The Morgan fingerprint density at radius 1 is 1.10 bits per heavy atom. The second-order valence-electron chi connectivity index (χ2n) is 4.75. The van der Waals surface area contributed by atoms with Gasteiger partial charge in [0.05, 0.1) is 6.42 Å². The largest absolute Gasteiger partial charge is 0.508 e. The fraction of sp³-hybridized carbons (Fsp3) is 0.188. The normalized spacial score (nSPS) is 12.8. The van der Waals surface area contributed by atoms with Crippen LogP contribution in [-0.4, -0.2) is 24.2 Å². The Morgan fingerprint density at radius 3 is 2.71 bits per heavy atom. The smallest absolute Gasteiger partial charge is 0.228 e. The molecule has 2 aromatic rings. The standard InChI is InChI=1S/C16H15NO4/c18-13-3-1-2-11(8-13)9-16(19)17-12-4-5-14-15(10-12)21-7-6-20-14/h1-5,8,10,18H,6-7,9H2,(H,17,19). The van der Waals surface area contributed by atoms with Crippen molar-refractivity contribution in [3.8, 4) is 17.2 Å². The van der Waals surface area contributed by atoms with E-state index in [1.54, 1.807) is 42.5 Å². The molecule has 5 heteroatoms. The van der Waals surface area contributed by atoms with Gasteiger partial charge in [-0.2, -0.15) is 0 Å². The first-order valence-electron chi connectivity index (χ1n) is 6.68. The van der Waals surface area contributed by atoms with Gasteiger partial charge in [-0.25, -0.2) is 0 Å². The van der Waals surface area contributed by atoms with Crippen LogP contribution in [0.2, 0.25) is 0 Å². The molecule has 108 valence electrons. The number of rotatable bonds is 3. The van der Waals surface area contributed by atoms with E-state index < -0.39 is 0 Å². The molecule has 0 fully saturated rings. The first kappa shape index (κ1) is 13.3. The summed E-state index contributed by atoms with van der Waals surface area (Å²) in [6.07, 6.45) is 0.197. The van der Waals surface area contributed by atoms with E-state index in [1.807, 2.05) is 0 Å². The van der Waals surface area contributed by atoms with Gasteiger partial charge in [-0.3, -0.25) is 4.79 Å². The molecule has 0 saturated carbocycles. The Balaban J connectivity index is 1.67. The van der Waals surface area contributed by atoms with Gasteiger partial charge in [0.25, 0.3) is 0 Å². The van der Waals surface area contributed by atoms with Crippen LogP contribution in [0.3, 0.4) is 0 Å². The first-order valence-corrected chi connectivity index (χ1v) is 6.68. The zero-order valence-electron chi connectivity index (χ0n) is 11.3. The Kier molecular flexibility index (Phi) is 3.64. The van der Waals surface area contributed by atoms with Crippen LogP contribution in [0.15, 0.2) is 42.5 Å². The summed E-state index contributed by atoms with van der Waals surface area (Å²) in [5.74, 6) is 1.32. The van der Waals surface area contributed by atoms with Crippen molar-refractivity contribution in [1.29, 1.82) is 0 Å². The third kappa shape index (κ3) is 3.25. The van der Waals surface area contributed by atoms with Crippen LogP contribution in [0.1, 0.15) is 5.56 Å². The summed E-state index contributed by atoms with van der Waals surface area (Å²) < 4.78 is 10.9. The molecule has 1 heterocycles. The molecule has 3 rings (SSSR count). The molecule has 21 heavy (non-hydrogen) atoms. The molecule has 1 aliphatic rings. The molecule has 0 bridgehead atoms. The topological polar surface area (TPSA) is 67.8 Å². The summed E-state index contributed by atoms with van der Waals surface area (Å²) in [6.45, 7) is 1.05. The molecule has 0 saturated heterocycles. The average Bonchev–Trinajstić information content (AvgIpc) is 2.47. The van der Waals surface area contributed by atoms with Crippen LogP contribution in [-0.2, 0) is 11.2 Å². The van der Waals surface area contributed by atoms with Gasteiger partial charge in [0.15, 0.2) is 11.5 Å². The van der Waals surface area contributed by atoms with E-state index in [2.05, 4.69) is 5.32 Å². The Morgan fingerprint density at radius 2 is 1.90 bits per heavy atom. The van der Waals surface area contributed by atoms with Gasteiger partial charge in [0, 0.05) is 11.8 Å². The lowest BCUT2D eigenvalue weighted by Gasteiger charge is -2.19. The minimum Gasteiger partial charge on any atom is -0.508 e. The molecule has 0 unspecified atom stereocenters. The maximum Gasteiger partial charge on any atom is 0.228 e. The number of ether oxygens (including phenoxy) is 2. The number of phenols is 1. The van der Waals surface area contributed by atoms with Gasteiger partial charge in [-0.1, -0.05) is 12.1 Å². The predicted octanol–water partition coefficient (Wildman–Crippen LogP) is 2.34. The van der Waals surface area contributed by atoms with E-state index in [1.165, 1.54) is 0 Å². The van der Waals surface area contributed by atoms with Crippen molar-refractivity contribution in [2.24, 2.45) is 0 Å². The van der Waals surface area contributed by atoms with Crippen molar-refractivity contribution in [1.82, 2.24) is 0 Å². The number of anilines is 1. The molecule has 2 aromatic carbocycles. The van der Waals surface area contributed by atoms with Gasteiger partial charge in [-0.15, -0.1) is 0 Å². The van der Waals surface area contributed by atoms with Crippen molar-refractivity contribution in [2.45, 2.75) is 6.42 Å². The number of carbonyl (C=O) groups excluding carboxylic acids is 1. The van der Waals surface area contributed by atoms with Crippen molar-refractivity contribution in [3.05, 3.63) is 48.0 Å². The molecule has 5 nitrogen and oxygen atoms in total. The predicted molar refractivity (Wildman–Crippen MR) is 77.9 cm³/mol. The van der Waals surface area contributed by atoms with E-state index in [0.717, 1.165) is 5.56 Å². The number of hydrogen-bond donors (Lipinski definition) is 2. The van der Waals surface area contributed by atoms with E-state index in [4.69, 9.17) is 9.47 Å². The zero-order chi connectivity index (χ0) is 14.7. The molecule has 0 aliphatic carbocycles. The van der Waals surface area contributed by atoms with E-state index in [-0.39, 0.29) is 18.1 Å². The highest BCUT2D eigenvalue weighted by Crippen LogP contribution is 2.32. The molecule has 0 atom stereocenters. The summed E-state index contributed by atoms with van der Waals surface area (Å²) in [6, 6.07) is 11.9. The van der Waals surface area contributed by atoms with E-state index in [9.17, 15) is 9.90 Å². The van der Waals surface area contributed by atoms with Crippen LogP contribution in [0.25, 0.3) is 0 Å². The van der Waals surface area contributed by atoms with Gasteiger partial charge >= 0.3 is 0 Å².